The highest BCUT2D eigenvalue weighted by atomic mass is 79.9. The molecule has 72 valence electrons. The first-order valence-corrected chi connectivity index (χ1v) is 5.07. The zero-order chi connectivity index (χ0) is 9.68. The molecule has 0 bridgehead atoms. The van der Waals surface area contributed by atoms with Crippen LogP contribution in [0.1, 0.15) is 13.8 Å². The van der Waals surface area contributed by atoms with Crippen LogP contribution >= 0.6 is 15.9 Å². The van der Waals surface area contributed by atoms with Gasteiger partial charge in [-0.2, -0.15) is 0 Å². The van der Waals surface area contributed by atoms with Crippen LogP contribution in [-0.4, -0.2) is 23.1 Å². The van der Waals surface area contributed by atoms with Crippen molar-refractivity contribution in [1.82, 2.24) is 9.97 Å². The highest BCUT2D eigenvalue weighted by Gasteiger charge is 2.05. The van der Waals surface area contributed by atoms with E-state index >= 15 is 0 Å². The molecule has 0 fully saturated rings. The largest absolute Gasteiger partial charge is 0.369 e. The summed E-state index contributed by atoms with van der Waals surface area (Å²) in [5.74, 6) is 1.65. The lowest BCUT2D eigenvalue weighted by Gasteiger charge is -2.08. The molecule has 0 aliphatic carbocycles. The molecule has 0 atom stereocenters. The normalized spacial score (nSPS) is 9.77. The maximum atomic E-state index is 4.10. The average molecular weight is 245 g/mol. The highest BCUT2D eigenvalue weighted by molar-refractivity contribution is 9.10. The molecule has 1 aromatic heterocycles. The Labute approximate surface area is 86.3 Å². The second-order valence-corrected chi connectivity index (χ2v) is 3.24. The molecule has 13 heavy (non-hydrogen) atoms. The third-order valence-electron chi connectivity index (χ3n) is 1.48. The summed E-state index contributed by atoms with van der Waals surface area (Å²) in [6, 6.07) is 0. The summed E-state index contributed by atoms with van der Waals surface area (Å²) in [7, 11) is 0. The first-order valence-electron chi connectivity index (χ1n) is 4.27. The van der Waals surface area contributed by atoms with Crippen molar-refractivity contribution in [2.45, 2.75) is 13.8 Å². The lowest BCUT2D eigenvalue weighted by Crippen LogP contribution is -2.05. The van der Waals surface area contributed by atoms with Crippen LogP contribution in [0.4, 0.5) is 11.6 Å². The lowest BCUT2D eigenvalue weighted by atomic mass is 10.5. The molecule has 5 heteroatoms. The summed E-state index contributed by atoms with van der Waals surface area (Å²) in [5.41, 5.74) is 0. The molecule has 0 spiro atoms. The fourth-order valence-corrected chi connectivity index (χ4v) is 1.44. The van der Waals surface area contributed by atoms with Crippen LogP contribution in [0.3, 0.4) is 0 Å². The predicted molar refractivity (Wildman–Crippen MR) is 58.1 cm³/mol. The molecule has 0 unspecified atom stereocenters. The molecule has 0 saturated heterocycles. The van der Waals surface area contributed by atoms with E-state index in [1.165, 1.54) is 0 Å². The molecule has 4 nitrogen and oxygen atoms in total. The molecular weight excluding hydrogens is 232 g/mol. The van der Waals surface area contributed by atoms with Gasteiger partial charge in [0, 0.05) is 13.1 Å². The smallest absolute Gasteiger partial charge is 0.145 e. The Kier molecular flexibility index (Phi) is 3.95. The van der Waals surface area contributed by atoms with E-state index in [1.54, 1.807) is 6.33 Å². The highest BCUT2D eigenvalue weighted by Crippen LogP contribution is 2.25. The molecule has 1 aromatic rings. The minimum Gasteiger partial charge on any atom is -0.369 e. The molecule has 0 amide bonds. The summed E-state index contributed by atoms with van der Waals surface area (Å²) in [4.78, 5) is 8.20. The lowest BCUT2D eigenvalue weighted by molar-refractivity contribution is 1.07. The SMILES string of the molecule is CCNc1ncnc(NCC)c1Br. The molecule has 1 rings (SSSR count). The first kappa shape index (κ1) is 10.2. The van der Waals surface area contributed by atoms with Crippen LogP contribution in [0, 0.1) is 0 Å². The number of hydrogen-bond donors (Lipinski definition) is 2. The Balaban J connectivity index is 2.89. The predicted octanol–water partition coefficient (Wildman–Crippen LogP) is 2.10. The number of aromatic nitrogens is 2. The van der Waals surface area contributed by atoms with Gasteiger partial charge in [-0.05, 0) is 29.8 Å². The molecule has 1 heterocycles. The third kappa shape index (κ3) is 2.55. The van der Waals surface area contributed by atoms with Gasteiger partial charge in [-0.15, -0.1) is 0 Å². The first-order chi connectivity index (χ1) is 6.29. The number of halogens is 1. The van der Waals surface area contributed by atoms with Gasteiger partial charge in [0.2, 0.25) is 0 Å². The van der Waals surface area contributed by atoms with Crippen LogP contribution in [0.25, 0.3) is 0 Å². The zero-order valence-electron chi connectivity index (χ0n) is 7.76. The maximum absolute atomic E-state index is 4.10. The molecule has 0 aliphatic heterocycles. The van der Waals surface area contributed by atoms with Crippen molar-refractivity contribution < 1.29 is 0 Å². The Morgan fingerprint density at radius 3 is 2.00 bits per heavy atom. The second-order valence-electron chi connectivity index (χ2n) is 2.45. The van der Waals surface area contributed by atoms with E-state index < -0.39 is 0 Å². The Hall–Kier alpha value is -0.840. The average Bonchev–Trinajstić information content (AvgIpc) is 2.13. The van der Waals surface area contributed by atoms with E-state index in [0.29, 0.717) is 0 Å². The van der Waals surface area contributed by atoms with Gasteiger partial charge in [0.1, 0.15) is 22.4 Å². The zero-order valence-corrected chi connectivity index (χ0v) is 9.35. The van der Waals surface area contributed by atoms with Gasteiger partial charge in [-0.25, -0.2) is 9.97 Å². The molecule has 0 saturated carbocycles. The van der Waals surface area contributed by atoms with Crippen molar-refractivity contribution in [3.8, 4) is 0 Å². The maximum Gasteiger partial charge on any atom is 0.145 e. The van der Waals surface area contributed by atoms with Crippen LogP contribution < -0.4 is 10.6 Å². The van der Waals surface area contributed by atoms with E-state index in [4.69, 9.17) is 0 Å². The number of anilines is 2. The summed E-state index contributed by atoms with van der Waals surface area (Å²) >= 11 is 3.43. The van der Waals surface area contributed by atoms with E-state index in [9.17, 15) is 0 Å². The van der Waals surface area contributed by atoms with Gasteiger partial charge in [0.05, 0.1) is 0 Å². The molecule has 0 aliphatic rings. The minimum atomic E-state index is 0.827. The van der Waals surface area contributed by atoms with Crippen molar-refractivity contribution in [1.29, 1.82) is 0 Å². The Bertz CT molecular complexity index is 253. The van der Waals surface area contributed by atoms with Gasteiger partial charge >= 0.3 is 0 Å². The fraction of sp³-hybridized carbons (Fsp3) is 0.500. The van der Waals surface area contributed by atoms with Crippen LogP contribution in [0.5, 0.6) is 0 Å². The number of nitrogens with zero attached hydrogens (tertiary/aromatic N) is 2. The van der Waals surface area contributed by atoms with Crippen molar-refractivity contribution in [2.24, 2.45) is 0 Å². The van der Waals surface area contributed by atoms with Crippen molar-refractivity contribution >= 4 is 27.6 Å². The molecular formula is C8H13BrN4. The van der Waals surface area contributed by atoms with Crippen LogP contribution in [0.15, 0.2) is 10.8 Å². The monoisotopic (exact) mass is 244 g/mol. The quantitative estimate of drug-likeness (QED) is 0.852. The van der Waals surface area contributed by atoms with E-state index in [2.05, 4.69) is 36.5 Å². The van der Waals surface area contributed by atoms with E-state index in [0.717, 1.165) is 29.2 Å². The topological polar surface area (TPSA) is 49.8 Å². The number of hydrogen-bond acceptors (Lipinski definition) is 4. The molecule has 0 aromatic carbocycles. The Morgan fingerprint density at radius 2 is 1.62 bits per heavy atom. The summed E-state index contributed by atoms with van der Waals surface area (Å²) < 4.78 is 0.888. The van der Waals surface area contributed by atoms with Gasteiger partial charge in [-0.1, -0.05) is 0 Å². The van der Waals surface area contributed by atoms with Gasteiger partial charge in [0.25, 0.3) is 0 Å². The van der Waals surface area contributed by atoms with Crippen LogP contribution in [-0.2, 0) is 0 Å². The van der Waals surface area contributed by atoms with Gasteiger partial charge in [-0.3, -0.25) is 0 Å². The standard InChI is InChI=1S/C8H13BrN4/c1-3-10-7-6(9)8(11-4-2)13-5-12-7/h5H,3-4H2,1-2H3,(H2,10,11,12,13). The van der Waals surface area contributed by atoms with E-state index in [-0.39, 0.29) is 0 Å². The molecule has 2 N–H and O–H groups in total. The van der Waals surface area contributed by atoms with E-state index in [1.807, 2.05) is 13.8 Å². The fourth-order valence-electron chi connectivity index (χ4n) is 0.951. The van der Waals surface area contributed by atoms with Crippen molar-refractivity contribution in [3.63, 3.8) is 0 Å². The number of rotatable bonds is 4. The Morgan fingerprint density at radius 1 is 1.15 bits per heavy atom. The van der Waals surface area contributed by atoms with Gasteiger partial charge < -0.3 is 10.6 Å². The third-order valence-corrected chi connectivity index (χ3v) is 2.23. The van der Waals surface area contributed by atoms with Crippen molar-refractivity contribution in [2.75, 3.05) is 23.7 Å². The summed E-state index contributed by atoms with van der Waals surface area (Å²) in [6.07, 6.45) is 1.54. The summed E-state index contributed by atoms with van der Waals surface area (Å²) in [5, 5.41) is 6.27. The number of nitrogens with one attached hydrogen (secondary N) is 2. The minimum absolute atomic E-state index is 0.827. The van der Waals surface area contributed by atoms with Crippen molar-refractivity contribution in [3.05, 3.63) is 10.8 Å². The molecule has 0 radical (unpaired) electrons. The van der Waals surface area contributed by atoms with Gasteiger partial charge in [0.15, 0.2) is 0 Å². The summed E-state index contributed by atoms with van der Waals surface area (Å²) in [6.45, 7) is 5.76. The van der Waals surface area contributed by atoms with Crippen LogP contribution in [0.2, 0.25) is 0 Å². The second kappa shape index (κ2) is 5.01.